The van der Waals surface area contributed by atoms with E-state index in [0.717, 1.165) is 23.8 Å². The second kappa shape index (κ2) is 7.29. The van der Waals surface area contributed by atoms with E-state index >= 15 is 0 Å². The summed E-state index contributed by atoms with van der Waals surface area (Å²) >= 11 is 0. The standard InChI is InChI=1S/C19H19F2NO3/c1-25-11-12-3-2-4-13(7-12)19(24)22-10-15(23)9-18(22)16-8-14(20)5-6-17(16)21/h2-8,15,18,23H,9-11H2,1H3/t15-,18-/m1/s1. The molecule has 25 heavy (non-hydrogen) atoms. The molecule has 1 fully saturated rings. The summed E-state index contributed by atoms with van der Waals surface area (Å²) in [7, 11) is 1.56. The molecule has 0 radical (unpaired) electrons. The molecule has 6 heteroatoms. The summed E-state index contributed by atoms with van der Waals surface area (Å²) in [6.07, 6.45) is -0.608. The first-order chi connectivity index (χ1) is 12.0. The van der Waals surface area contributed by atoms with E-state index in [9.17, 15) is 18.7 Å². The summed E-state index contributed by atoms with van der Waals surface area (Å²) in [6.45, 7) is 0.444. The van der Waals surface area contributed by atoms with E-state index in [0.29, 0.717) is 12.2 Å². The minimum atomic E-state index is -0.779. The Balaban J connectivity index is 1.92. The fraction of sp³-hybridized carbons (Fsp3) is 0.316. The predicted molar refractivity (Wildman–Crippen MR) is 87.9 cm³/mol. The van der Waals surface area contributed by atoms with Crippen LogP contribution in [0.1, 0.15) is 33.9 Å². The quantitative estimate of drug-likeness (QED) is 0.925. The van der Waals surface area contributed by atoms with Gasteiger partial charge in [0.1, 0.15) is 11.6 Å². The van der Waals surface area contributed by atoms with E-state index in [4.69, 9.17) is 4.74 Å². The lowest BCUT2D eigenvalue weighted by Crippen LogP contribution is -2.32. The third kappa shape index (κ3) is 3.70. The van der Waals surface area contributed by atoms with Gasteiger partial charge in [-0.1, -0.05) is 12.1 Å². The lowest BCUT2D eigenvalue weighted by Gasteiger charge is -2.25. The van der Waals surface area contributed by atoms with E-state index in [1.165, 1.54) is 4.90 Å². The van der Waals surface area contributed by atoms with Crippen molar-refractivity contribution in [1.29, 1.82) is 0 Å². The molecule has 2 aromatic rings. The Bertz CT molecular complexity index is 781. The van der Waals surface area contributed by atoms with Crippen LogP contribution >= 0.6 is 0 Å². The van der Waals surface area contributed by atoms with Crippen LogP contribution in [-0.4, -0.2) is 35.7 Å². The predicted octanol–water partition coefficient (Wildman–Crippen LogP) is 3.06. The van der Waals surface area contributed by atoms with E-state index in [2.05, 4.69) is 0 Å². The van der Waals surface area contributed by atoms with Crippen LogP contribution in [0.15, 0.2) is 42.5 Å². The third-order valence-corrected chi connectivity index (χ3v) is 4.34. The molecule has 0 spiro atoms. The number of benzene rings is 2. The number of nitrogens with zero attached hydrogens (tertiary/aromatic N) is 1. The number of hydrogen-bond acceptors (Lipinski definition) is 3. The monoisotopic (exact) mass is 347 g/mol. The lowest BCUT2D eigenvalue weighted by molar-refractivity contribution is 0.0713. The summed E-state index contributed by atoms with van der Waals surface area (Å²) in [5, 5.41) is 10.00. The molecule has 1 aliphatic heterocycles. The smallest absolute Gasteiger partial charge is 0.254 e. The summed E-state index contributed by atoms with van der Waals surface area (Å²) in [4.78, 5) is 14.3. The Labute approximate surface area is 144 Å². The highest BCUT2D eigenvalue weighted by Crippen LogP contribution is 2.35. The number of likely N-dealkylation sites (tertiary alicyclic amines) is 1. The summed E-state index contributed by atoms with van der Waals surface area (Å²) in [5.74, 6) is -1.50. The number of aliphatic hydroxyl groups is 1. The molecule has 3 rings (SSSR count). The molecule has 1 aliphatic rings. The lowest BCUT2D eigenvalue weighted by atomic mass is 10.0. The van der Waals surface area contributed by atoms with E-state index in [-0.39, 0.29) is 24.4 Å². The van der Waals surface area contributed by atoms with Gasteiger partial charge in [0.15, 0.2) is 0 Å². The molecule has 4 nitrogen and oxygen atoms in total. The maximum Gasteiger partial charge on any atom is 0.254 e. The Morgan fingerprint density at radius 2 is 2.08 bits per heavy atom. The van der Waals surface area contributed by atoms with Crippen molar-refractivity contribution in [3.8, 4) is 0 Å². The van der Waals surface area contributed by atoms with Gasteiger partial charge in [-0.3, -0.25) is 4.79 Å². The molecule has 2 aromatic carbocycles. The second-order valence-corrected chi connectivity index (χ2v) is 6.16. The number of rotatable bonds is 4. The van der Waals surface area contributed by atoms with Crippen molar-refractivity contribution < 1.29 is 23.4 Å². The highest BCUT2D eigenvalue weighted by Gasteiger charge is 2.37. The highest BCUT2D eigenvalue weighted by atomic mass is 19.1. The van der Waals surface area contributed by atoms with Gasteiger partial charge in [0.25, 0.3) is 5.91 Å². The maximum absolute atomic E-state index is 14.1. The van der Waals surface area contributed by atoms with E-state index < -0.39 is 23.8 Å². The number of amides is 1. The zero-order valence-corrected chi connectivity index (χ0v) is 13.8. The van der Waals surface area contributed by atoms with Gasteiger partial charge in [-0.25, -0.2) is 8.78 Å². The molecule has 0 bridgehead atoms. The average Bonchev–Trinajstić information content (AvgIpc) is 2.98. The van der Waals surface area contributed by atoms with Gasteiger partial charge in [-0.15, -0.1) is 0 Å². The SMILES string of the molecule is COCc1cccc(C(=O)N2C[C@H](O)C[C@@H]2c2cc(F)ccc2F)c1. The van der Waals surface area contributed by atoms with Crippen molar-refractivity contribution in [2.75, 3.05) is 13.7 Å². The van der Waals surface area contributed by atoms with E-state index in [1.54, 1.807) is 25.3 Å². The van der Waals surface area contributed by atoms with Crippen LogP contribution in [0.5, 0.6) is 0 Å². The summed E-state index contributed by atoms with van der Waals surface area (Å²) in [6, 6.07) is 9.39. The van der Waals surface area contributed by atoms with Gasteiger partial charge in [-0.2, -0.15) is 0 Å². The number of carbonyl (C=O) groups excluding carboxylic acids is 1. The first kappa shape index (κ1) is 17.5. The molecule has 0 aromatic heterocycles. The topological polar surface area (TPSA) is 49.8 Å². The number of β-amino-alcohol motifs (C(OH)–C–C–N with tert-alkyl or cyclic N) is 1. The van der Waals surface area contributed by atoms with Gasteiger partial charge in [0, 0.05) is 24.8 Å². The third-order valence-electron chi connectivity index (χ3n) is 4.34. The van der Waals surface area contributed by atoms with Crippen LogP contribution in [0.25, 0.3) is 0 Å². The Hall–Kier alpha value is -2.31. The van der Waals surface area contributed by atoms with Gasteiger partial charge >= 0.3 is 0 Å². The summed E-state index contributed by atoms with van der Waals surface area (Å²) in [5.41, 5.74) is 1.34. The van der Waals surface area contributed by atoms with E-state index in [1.807, 2.05) is 6.07 Å². The number of carbonyl (C=O) groups is 1. The molecule has 0 aliphatic carbocycles. The van der Waals surface area contributed by atoms with Gasteiger partial charge in [-0.05, 0) is 42.3 Å². The Morgan fingerprint density at radius 3 is 2.84 bits per heavy atom. The number of hydrogen-bond donors (Lipinski definition) is 1. The molecular formula is C19H19F2NO3. The molecule has 1 amide bonds. The Kier molecular flexibility index (Phi) is 5.11. The normalized spacial score (nSPS) is 20.1. The summed E-state index contributed by atoms with van der Waals surface area (Å²) < 4.78 is 32.8. The maximum atomic E-state index is 14.1. The van der Waals surface area contributed by atoms with Crippen molar-refractivity contribution in [2.45, 2.75) is 25.2 Å². The molecule has 0 unspecified atom stereocenters. The van der Waals surface area contributed by atoms with Crippen LogP contribution < -0.4 is 0 Å². The number of ether oxygens (including phenoxy) is 1. The van der Waals surface area contributed by atoms with Crippen molar-refractivity contribution in [3.63, 3.8) is 0 Å². The largest absolute Gasteiger partial charge is 0.391 e. The van der Waals surface area contributed by atoms with Gasteiger partial charge < -0.3 is 14.7 Å². The molecular weight excluding hydrogens is 328 g/mol. The van der Waals surface area contributed by atoms with Crippen molar-refractivity contribution in [3.05, 3.63) is 70.8 Å². The van der Waals surface area contributed by atoms with Crippen LogP contribution in [0, 0.1) is 11.6 Å². The van der Waals surface area contributed by atoms with Crippen LogP contribution in [0.2, 0.25) is 0 Å². The second-order valence-electron chi connectivity index (χ2n) is 6.16. The highest BCUT2D eigenvalue weighted by molar-refractivity contribution is 5.95. The fourth-order valence-electron chi connectivity index (χ4n) is 3.23. The van der Waals surface area contributed by atoms with Crippen molar-refractivity contribution in [1.82, 2.24) is 4.90 Å². The van der Waals surface area contributed by atoms with Gasteiger partial charge in [0.2, 0.25) is 0 Å². The zero-order valence-electron chi connectivity index (χ0n) is 13.8. The van der Waals surface area contributed by atoms with Crippen molar-refractivity contribution >= 4 is 5.91 Å². The minimum Gasteiger partial charge on any atom is -0.391 e. The minimum absolute atomic E-state index is 0.0773. The van der Waals surface area contributed by atoms with Gasteiger partial charge in [0.05, 0.1) is 18.8 Å². The number of halogens is 2. The molecule has 2 atom stereocenters. The number of aliphatic hydroxyl groups excluding tert-OH is 1. The molecule has 0 saturated carbocycles. The van der Waals surface area contributed by atoms with Crippen LogP contribution in [0.3, 0.4) is 0 Å². The average molecular weight is 347 g/mol. The first-order valence-electron chi connectivity index (χ1n) is 8.01. The van der Waals surface area contributed by atoms with Crippen LogP contribution in [-0.2, 0) is 11.3 Å². The van der Waals surface area contributed by atoms with Crippen LogP contribution in [0.4, 0.5) is 8.78 Å². The first-order valence-corrected chi connectivity index (χ1v) is 8.01. The molecule has 1 heterocycles. The fourth-order valence-corrected chi connectivity index (χ4v) is 3.23. The zero-order chi connectivity index (χ0) is 18.0. The molecule has 1 N–H and O–H groups in total. The molecule has 1 saturated heterocycles. The number of methoxy groups -OCH3 is 1. The van der Waals surface area contributed by atoms with Crippen molar-refractivity contribution in [2.24, 2.45) is 0 Å². The Morgan fingerprint density at radius 1 is 1.28 bits per heavy atom. The molecule has 132 valence electrons.